The van der Waals surface area contributed by atoms with E-state index >= 15 is 0 Å². The van der Waals surface area contributed by atoms with Crippen LogP contribution in [0.3, 0.4) is 0 Å². The third-order valence-electron chi connectivity index (χ3n) is 3.64. The lowest BCUT2D eigenvalue weighted by Gasteiger charge is -2.28. The summed E-state index contributed by atoms with van der Waals surface area (Å²) in [5, 5.41) is 3.34. The molecule has 0 radical (unpaired) electrons. The van der Waals surface area contributed by atoms with Gasteiger partial charge in [0.15, 0.2) is 0 Å². The van der Waals surface area contributed by atoms with Crippen molar-refractivity contribution in [3.8, 4) is 0 Å². The maximum absolute atomic E-state index is 12.4. The van der Waals surface area contributed by atoms with Crippen LogP contribution < -0.4 is 5.32 Å². The fourth-order valence-electron chi connectivity index (χ4n) is 2.60. The zero-order chi connectivity index (χ0) is 13.5. The fourth-order valence-corrected chi connectivity index (χ4v) is 2.60. The van der Waals surface area contributed by atoms with Gasteiger partial charge >= 0.3 is 0 Å². The molecule has 4 nitrogen and oxygen atoms in total. The maximum Gasteiger partial charge on any atom is 0.223 e. The molecule has 1 saturated heterocycles. The van der Waals surface area contributed by atoms with Crippen LogP contribution in [0, 0.1) is 0 Å². The normalized spacial score (nSPS) is 16.7. The summed E-state index contributed by atoms with van der Waals surface area (Å²) in [6.45, 7) is 4.98. The maximum atomic E-state index is 12.4. The van der Waals surface area contributed by atoms with Crippen molar-refractivity contribution < 1.29 is 4.79 Å². The molecule has 0 bridgehead atoms. The van der Waals surface area contributed by atoms with Gasteiger partial charge < -0.3 is 10.2 Å². The van der Waals surface area contributed by atoms with Crippen LogP contribution in [0.15, 0.2) is 24.5 Å². The highest BCUT2D eigenvalue weighted by molar-refractivity contribution is 5.85. The van der Waals surface area contributed by atoms with E-state index in [1.807, 2.05) is 12.1 Å². The molecule has 1 amide bonds. The Hall–Kier alpha value is -0.840. The van der Waals surface area contributed by atoms with Gasteiger partial charge in [0, 0.05) is 37.9 Å². The molecule has 0 saturated carbocycles. The molecule has 1 aliphatic rings. The molecule has 1 N–H and O–H groups in total. The van der Waals surface area contributed by atoms with Crippen molar-refractivity contribution in [2.24, 2.45) is 0 Å². The van der Waals surface area contributed by atoms with Crippen molar-refractivity contribution >= 4 is 30.7 Å². The number of pyridine rings is 1. The van der Waals surface area contributed by atoms with Crippen molar-refractivity contribution in [2.75, 3.05) is 19.6 Å². The number of hydrogen-bond donors (Lipinski definition) is 1. The molecule has 1 unspecified atom stereocenters. The second kappa shape index (κ2) is 10.8. The first kappa shape index (κ1) is 20.2. The summed E-state index contributed by atoms with van der Waals surface area (Å²) < 4.78 is 0. The van der Waals surface area contributed by atoms with Crippen LogP contribution >= 0.6 is 24.8 Å². The number of amides is 1. The van der Waals surface area contributed by atoms with E-state index in [2.05, 4.69) is 22.1 Å². The van der Waals surface area contributed by atoms with Crippen LogP contribution in [-0.4, -0.2) is 41.5 Å². The number of carbonyl (C=O) groups is 1. The molecule has 120 valence electrons. The molecule has 0 aromatic carbocycles. The van der Waals surface area contributed by atoms with Gasteiger partial charge in [0.25, 0.3) is 0 Å². The Labute approximate surface area is 139 Å². The fraction of sp³-hybridized carbons (Fsp3) is 0.600. The van der Waals surface area contributed by atoms with E-state index < -0.39 is 0 Å². The van der Waals surface area contributed by atoms with Gasteiger partial charge in [-0.2, -0.15) is 0 Å². The monoisotopic (exact) mass is 333 g/mol. The minimum Gasteiger partial charge on any atom is -0.338 e. The minimum absolute atomic E-state index is 0. The summed E-state index contributed by atoms with van der Waals surface area (Å²) in [6.07, 6.45) is 7.08. The molecule has 2 rings (SSSR count). The van der Waals surface area contributed by atoms with Gasteiger partial charge in [0.05, 0.1) is 0 Å². The van der Waals surface area contributed by atoms with Crippen molar-refractivity contribution in [3.05, 3.63) is 30.1 Å². The lowest BCUT2D eigenvalue weighted by molar-refractivity contribution is -0.133. The highest BCUT2D eigenvalue weighted by Gasteiger charge is 2.25. The lowest BCUT2D eigenvalue weighted by atomic mass is 10.1. The summed E-state index contributed by atoms with van der Waals surface area (Å²) in [5.41, 5.74) is 1.18. The van der Waals surface area contributed by atoms with Gasteiger partial charge in [-0.05, 0) is 43.5 Å². The van der Waals surface area contributed by atoms with Crippen molar-refractivity contribution in [3.63, 3.8) is 0 Å². The third-order valence-corrected chi connectivity index (χ3v) is 3.64. The Kier molecular flexibility index (Phi) is 10.4. The van der Waals surface area contributed by atoms with Crippen molar-refractivity contribution in [2.45, 2.75) is 38.6 Å². The van der Waals surface area contributed by atoms with E-state index in [4.69, 9.17) is 0 Å². The molecule has 0 aliphatic carbocycles. The average Bonchev–Trinajstić information content (AvgIpc) is 2.97. The first-order valence-electron chi connectivity index (χ1n) is 7.20. The highest BCUT2D eigenvalue weighted by Crippen LogP contribution is 2.12. The molecule has 1 aliphatic heterocycles. The number of nitrogens with zero attached hydrogens (tertiary/aromatic N) is 2. The first-order valence-corrected chi connectivity index (χ1v) is 7.20. The molecule has 6 heteroatoms. The number of halogens is 2. The smallest absolute Gasteiger partial charge is 0.223 e. The van der Waals surface area contributed by atoms with Gasteiger partial charge in [-0.25, -0.2) is 0 Å². The van der Waals surface area contributed by atoms with Crippen molar-refractivity contribution in [1.29, 1.82) is 0 Å². The van der Waals surface area contributed by atoms with Crippen LogP contribution in [-0.2, 0) is 11.2 Å². The van der Waals surface area contributed by atoms with Crippen LogP contribution in [0.1, 0.15) is 31.7 Å². The number of rotatable bonds is 6. The Bertz CT molecular complexity index is 397. The van der Waals surface area contributed by atoms with Gasteiger partial charge in [0.2, 0.25) is 5.91 Å². The molecule has 2 heterocycles. The molecule has 1 aromatic heterocycles. The summed E-state index contributed by atoms with van der Waals surface area (Å²) in [6, 6.07) is 4.35. The van der Waals surface area contributed by atoms with Crippen LogP contribution in [0.25, 0.3) is 0 Å². The quantitative estimate of drug-likeness (QED) is 0.869. The van der Waals surface area contributed by atoms with Gasteiger partial charge in [-0.3, -0.25) is 9.78 Å². The number of carbonyl (C=O) groups excluding carboxylic acids is 1. The highest BCUT2D eigenvalue weighted by atomic mass is 35.5. The Balaban J connectivity index is 0.00000200. The predicted molar refractivity (Wildman–Crippen MR) is 90.3 cm³/mol. The lowest BCUT2D eigenvalue weighted by Crippen LogP contribution is -2.42. The van der Waals surface area contributed by atoms with Crippen LogP contribution in [0.4, 0.5) is 0 Å². The molecule has 1 atom stereocenters. The molecule has 21 heavy (non-hydrogen) atoms. The summed E-state index contributed by atoms with van der Waals surface area (Å²) in [5.74, 6) is 0.285. The average molecular weight is 334 g/mol. The Morgan fingerprint density at radius 1 is 1.38 bits per heavy atom. The van der Waals surface area contributed by atoms with Crippen molar-refractivity contribution in [1.82, 2.24) is 15.2 Å². The topological polar surface area (TPSA) is 45.2 Å². The van der Waals surface area contributed by atoms with E-state index in [0.29, 0.717) is 12.5 Å². The number of aryl methyl sites for hydroxylation is 1. The summed E-state index contributed by atoms with van der Waals surface area (Å²) in [4.78, 5) is 18.4. The Morgan fingerprint density at radius 2 is 2.10 bits per heavy atom. The zero-order valence-corrected chi connectivity index (χ0v) is 14.1. The molecular weight excluding hydrogens is 309 g/mol. The standard InChI is InChI=1S/C15H23N3O.2ClH/c1-2-11-18(14-7-10-17-12-14)15(19)4-3-13-5-8-16-9-6-13;;/h5-6,8-9,14,17H,2-4,7,10-12H2,1H3;2*1H. The number of nitrogens with one attached hydrogen (secondary N) is 1. The minimum atomic E-state index is 0. The van der Waals surface area contributed by atoms with E-state index in [-0.39, 0.29) is 30.7 Å². The SMILES string of the molecule is CCCN(C(=O)CCc1ccncc1)C1CCNC1.Cl.Cl. The second-order valence-electron chi connectivity index (χ2n) is 5.09. The van der Waals surface area contributed by atoms with Gasteiger partial charge in [-0.1, -0.05) is 6.92 Å². The van der Waals surface area contributed by atoms with Crippen LogP contribution in [0.2, 0.25) is 0 Å². The van der Waals surface area contributed by atoms with Gasteiger partial charge in [-0.15, -0.1) is 24.8 Å². The predicted octanol–water partition coefficient (Wildman–Crippen LogP) is 2.46. The molecule has 1 aromatic rings. The summed E-state index contributed by atoms with van der Waals surface area (Å²) in [7, 11) is 0. The number of aromatic nitrogens is 1. The van der Waals surface area contributed by atoms with E-state index in [1.165, 1.54) is 5.56 Å². The molecule has 0 spiro atoms. The molecule has 1 fully saturated rings. The second-order valence-corrected chi connectivity index (χ2v) is 5.09. The van der Waals surface area contributed by atoms with E-state index in [0.717, 1.165) is 38.9 Å². The van der Waals surface area contributed by atoms with Gasteiger partial charge in [0.1, 0.15) is 0 Å². The largest absolute Gasteiger partial charge is 0.338 e. The number of hydrogen-bond acceptors (Lipinski definition) is 3. The first-order chi connectivity index (χ1) is 9.31. The zero-order valence-electron chi connectivity index (χ0n) is 12.5. The molecular formula is C15H25Cl2N3O. The van der Waals surface area contributed by atoms with E-state index in [9.17, 15) is 4.79 Å². The van der Waals surface area contributed by atoms with E-state index in [1.54, 1.807) is 12.4 Å². The Morgan fingerprint density at radius 3 is 2.67 bits per heavy atom. The summed E-state index contributed by atoms with van der Waals surface area (Å²) >= 11 is 0. The van der Waals surface area contributed by atoms with Crippen LogP contribution in [0.5, 0.6) is 0 Å². The third kappa shape index (κ3) is 6.20.